The Morgan fingerprint density at radius 1 is 1.21 bits per heavy atom. The van der Waals surface area contributed by atoms with Gasteiger partial charge < -0.3 is 15.5 Å². The van der Waals surface area contributed by atoms with Gasteiger partial charge in [-0.05, 0) is 37.1 Å². The van der Waals surface area contributed by atoms with Crippen LogP contribution in [0.4, 0.5) is 5.69 Å². The first-order chi connectivity index (χ1) is 11.3. The number of halogens is 1. The molecule has 5 nitrogen and oxygen atoms in total. The summed E-state index contributed by atoms with van der Waals surface area (Å²) in [6.45, 7) is 8.92. The van der Waals surface area contributed by atoms with Gasteiger partial charge >= 0.3 is 0 Å². The Morgan fingerprint density at radius 2 is 1.88 bits per heavy atom. The van der Waals surface area contributed by atoms with Gasteiger partial charge in [0, 0.05) is 22.0 Å². The summed E-state index contributed by atoms with van der Waals surface area (Å²) in [5.41, 5.74) is 1.74. The second-order valence-corrected chi connectivity index (χ2v) is 7.98. The standard InChI is InChI=1S/C18H26BrN3O2/c1-12-6-13(2)10-22(9-12)11-18(24)20-8-17(23)21-16-5-4-15(19)7-14(16)3/h4-5,7,12-13H,6,8-11H2,1-3H3,(H,20,24)(H,21,23)/p+1/t12-,13-/m1/s1. The highest BCUT2D eigenvalue weighted by atomic mass is 79.9. The van der Waals surface area contributed by atoms with E-state index in [-0.39, 0.29) is 18.4 Å². The SMILES string of the molecule is Cc1cc(Br)ccc1NC(=O)CNC(=O)C[NH+]1C[C@H](C)C[C@@H](C)C1. The van der Waals surface area contributed by atoms with E-state index in [0.29, 0.717) is 18.4 Å². The monoisotopic (exact) mass is 396 g/mol. The maximum absolute atomic E-state index is 12.1. The molecule has 1 aromatic carbocycles. The molecule has 6 heteroatoms. The van der Waals surface area contributed by atoms with Gasteiger partial charge in [0.1, 0.15) is 0 Å². The second kappa shape index (κ2) is 8.62. The average Bonchev–Trinajstić information content (AvgIpc) is 2.47. The van der Waals surface area contributed by atoms with Gasteiger partial charge in [0.15, 0.2) is 6.54 Å². The summed E-state index contributed by atoms with van der Waals surface area (Å²) in [6.07, 6.45) is 1.24. The lowest BCUT2D eigenvalue weighted by Gasteiger charge is -2.31. The van der Waals surface area contributed by atoms with Crippen LogP contribution in [-0.4, -0.2) is 38.0 Å². The third kappa shape index (κ3) is 5.91. The van der Waals surface area contributed by atoms with Crippen molar-refractivity contribution in [3.05, 3.63) is 28.2 Å². The van der Waals surface area contributed by atoms with Gasteiger partial charge in [-0.1, -0.05) is 29.8 Å². The molecule has 0 bridgehead atoms. The zero-order chi connectivity index (χ0) is 17.7. The van der Waals surface area contributed by atoms with Crippen molar-refractivity contribution in [1.29, 1.82) is 0 Å². The Balaban J connectivity index is 1.76. The van der Waals surface area contributed by atoms with E-state index in [1.165, 1.54) is 11.3 Å². The molecule has 0 spiro atoms. The minimum atomic E-state index is -0.204. The van der Waals surface area contributed by atoms with E-state index in [4.69, 9.17) is 0 Å². The normalized spacial score (nSPS) is 23.6. The molecular formula is C18H27BrN3O2+. The molecule has 1 aliphatic rings. The van der Waals surface area contributed by atoms with Crippen molar-refractivity contribution in [3.63, 3.8) is 0 Å². The average molecular weight is 397 g/mol. The van der Waals surface area contributed by atoms with E-state index in [2.05, 4.69) is 40.4 Å². The van der Waals surface area contributed by atoms with Gasteiger partial charge in [0.2, 0.25) is 5.91 Å². The van der Waals surface area contributed by atoms with Gasteiger partial charge in [-0.25, -0.2) is 0 Å². The van der Waals surface area contributed by atoms with Crippen molar-refractivity contribution in [1.82, 2.24) is 5.32 Å². The number of carbonyl (C=O) groups excluding carboxylic acids is 2. The molecule has 132 valence electrons. The van der Waals surface area contributed by atoms with Gasteiger partial charge in [-0.2, -0.15) is 0 Å². The Morgan fingerprint density at radius 3 is 2.50 bits per heavy atom. The molecule has 2 amide bonds. The Labute approximate surface area is 152 Å². The van der Waals surface area contributed by atoms with Crippen LogP contribution in [0.5, 0.6) is 0 Å². The number of rotatable bonds is 5. The van der Waals surface area contributed by atoms with Crippen molar-refractivity contribution in [2.45, 2.75) is 27.2 Å². The van der Waals surface area contributed by atoms with Crippen molar-refractivity contribution in [2.75, 3.05) is 31.5 Å². The van der Waals surface area contributed by atoms with E-state index >= 15 is 0 Å². The maximum Gasteiger partial charge on any atom is 0.275 e. The lowest BCUT2D eigenvalue weighted by atomic mass is 9.92. The summed E-state index contributed by atoms with van der Waals surface area (Å²) in [5, 5.41) is 5.56. The van der Waals surface area contributed by atoms with Crippen molar-refractivity contribution in [3.8, 4) is 0 Å². The molecule has 1 saturated heterocycles. The van der Waals surface area contributed by atoms with E-state index in [1.54, 1.807) is 0 Å². The molecule has 0 aliphatic carbocycles. The highest BCUT2D eigenvalue weighted by Crippen LogP contribution is 2.19. The van der Waals surface area contributed by atoms with Crippen LogP contribution in [0.25, 0.3) is 0 Å². The molecule has 1 heterocycles. The molecule has 2 rings (SSSR count). The number of quaternary nitrogens is 1. The summed E-state index contributed by atoms with van der Waals surface area (Å²) >= 11 is 3.40. The van der Waals surface area contributed by atoms with Gasteiger partial charge in [-0.3, -0.25) is 9.59 Å². The number of nitrogens with one attached hydrogen (secondary N) is 3. The van der Waals surface area contributed by atoms with Crippen LogP contribution in [0.15, 0.2) is 22.7 Å². The number of hydrogen-bond donors (Lipinski definition) is 3. The smallest absolute Gasteiger partial charge is 0.275 e. The summed E-state index contributed by atoms with van der Waals surface area (Å²) in [5.74, 6) is 1.04. The van der Waals surface area contributed by atoms with E-state index in [1.807, 2.05) is 25.1 Å². The maximum atomic E-state index is 12.1. The molecule has 1 fully saturated rings. The van der Waals surface area contributed by atoms with Crippen molar-refractivity contribution < 1.29 is 14.5 Å². The fraction of sp³-hybridized carbons (Fsp3) is 0.556. The van der Waals surface area contributed by atoms with Crippen LogP contribution in [0.1, 0.15) is 25.8 Å². The molecule has 2 atom stereocenters. The highest BCUT2D eigenvalue weighted by molar-refractivity contribution is 9.10. The zero-order valence-corrected chi connectivity index (χ0v) is 16.2. The molecule has 0 unspecified atom stereocenters. The second-order valence-electron chi connectivity index (χ2n) is 7.07. The first-order valence-corrected chi connectivity index (χ1v) is 9.29. The van der Waals surface area contributed by atoms with Crippen LogP contribution < -0.4 is 15.5 Å². The quantitative estimate of drug-likeness (QED) is 0.703. The first kappa shape index (κ1) is 18.9. The summed E-state index contributed by atoms with van der Waals surface area (Å²) in [4.78, 5) is 25.4. The van der Waals surface area contributed by atoms with Crippen LogP contribution in [0.2, 0.25) is 0 Å². The van der Waals surface area contributed by atoms with Crippen LogP contribution in [0, 0.1) is 18.8 Å². The van der Waals surface area contributed by atoms with Crippen LogP contribution >= 0.6 is 15.9 Å². The predicted octanol–water partition coefficient (Wildman–Crippen LogP) is 1.37. The van der Waals surface area contributed by atoms with E-state index in [0.717, 1.165) is 28.8 Å². The number of piperidine rings is 1. The fourth-order valence-corrected chi connectivity index (χ4v) is 3.97. The number of carbonyl (C=O) groups is 2. The molecule has 0 saturated carbocycles. The molecule has 1 aliphatic heterocycles. The summed E-state index contributed by atoms with van der Waals surface area (Å²) in [6, 6.07) is 5.67. The molecule has 24 heavy (non-hydrogen) atoms. The molecular weight excluding hydrogens is 370 g/mol. The number of benzene rings is 1. The highest BCUT2D eigenvalue weighted by Gasteiger charge is 2.26. The van der Waals surface area contributed by atoms with Gasteiger partial charge in [0.25, 0.3) is 5.91 Å². The Bertz CT molecular complexity index is 596. The predicted molar refractivity (Wildman–Crippen MR) is 99.0 cm³/mol. The lowest BCUT2D eigenvalue weighted by Crippen LogP contribution is -3.15. The number of hydrogen-bond acceptors (Lipinski definition) is 2. The Hall–Kier alpha value is -1.40. The largest absolute Gasteiger partial charge is 0.342 e. The minimum absolute atomic E-state index is 0.00667. The number of aryl methyl sites for hydroxylation is 1. The third-order valence-corrected chi connectivity index (χ3v) is 4.89. The molecule has 0 aromatic heterocycles. The molecule has 0 radical (unpaired) electrons. The topological polar surface area (TPSA) is 62.6 Å². The first-order valence-electron chi connectivity index (χ1n) is 8.49. The number of anilines is 1. The van der Waals surface area contributed by atoms with Crippen molar-refractivity contribution >= 4 is 33.4 Å². The van der Waals surface area contributed by atoms with Crippen LogP contribution in [-0.2, 0) is 9.59 Å². The number of amides is 2. The number of likely N-dealkylation sites (tertiary alicyclic amines) is 1. The van der Waals surface area contributed by atoms with Crippen molar-refractivity contribution in [2.24, 2.45) is 11.8 Å². The van der Waals surface area contributed by atoms with Gasteiger partial charge in [-0.15, -0.1) is 0 Å². The Kier molecular flexibility index (Phi) is 6.80. The van der Waals surface area contributed by atoms with E-state index < -0.39 is 0 Å². The summed E-state index contributed by atoms with van der Waals surface area (Å²) in [7, 11) is 0. The summed E-state index contributed by atoms with van der Waals surface area (Å²) < 4.78 is 0.972. The zero-order valence-electron chi connectivity index (χ0n) is 14.6. The minimum Gasteiger partial charge on any atom is -0.342 e. The van der Waals surface area contributed by atoms with Crippen LogP contribution in [0.3, 0.4) is 0 Å². The van der Waals surface area contributed by atoms with E-state index in [9.17, 15) is 9.59 Å². The lowest BCUT2D eigenvalue weighted by molar-refractivity contribution is -0.904. The fourth-order valence-electron chi connectivity index (χ4n) is 3.50. The molecule has 1 aromatic rings. The third-order valence-electron chi connectivity index (χ3n) is 4.40. The molecule has 3 N–H and O–H groups in total. The van der Waals surface area contributed by atoms with Gasteiger partial charge in [0.05, 0.1) is 19.6 Å².